The number of rotatable bonds is 0. The summed E-state index contributed by atoms with van der Waals surface area (Å²) in [5, 5.41) is 0. The van der Waals surface area contributed by atoms with E-state index in [4.69, 9.17) is 0 Å². The molecule has 0 nitrogen and oxygen atoms in total. The van der Waals surface area contributed by atoms with Crippen molar-refractivity contribution in [3.63, 3.8) is 0 Å². The molecule has 0 fully saturated rings. The molecule has 0 bridgehead atoms. The van der Waals surface area contributed by atoms with Gasteiger partial charge in [-0.3, -0.25) is 0 Å². The Hall–Kier alpha value is -0.780. The summed E-state index contributed by atoms with van der Waals surface area (Å²) in [5.41, 5.74) is 0. The smallest absolute Gasteiger partial charge is 0.0169 e. The fraction of sp³-hybridized carbons (Fsp3) is 0.462. The predicted octanol–water partition coefficient (Wildman–Crippen LogP) is 4.21. The summed E-state index contributed by atoms with van der Waals surface area (Å²) in [4.78, 5) is 0. The highest BCUT2D eigenvalue weighted by Gasteiger charge is 1.85. The lowest BCUT2D eigenvalue weighted by Gasteiger charge is -1.91. The molecule has 71 valence electrons. The highest BCUT2D eigenvalue weighted by molar-refractivity contribution is 5.00. The molecular formula is C13H19. The number of allylic oxidation sites excluding steroid dienone is 6. The highest BCUT2D eigenvalue weighted by atomic mass is 13.9. The minimum Gasteiger partial charge on any atom is -0.0885 e. The van der Waals surface area contributed by atoms with Gasteiger partial charge >= 0.3 is 0 Å². The zero-order chi connectivity index (χ0) is 9.19. The van der Waals surface area contributed by atoms with E-state index in [1.807, 2.05) is 0 Å². The maximum Gasteiger partial charge on any atom is -0.0169 e. The first kappa shape index (κ1) is 10.3. The van der Waals surface area contributed by atoms with Crippen LogP contribution in [0.3, 0.4) is 0 Å². The lowest BCUT2D eigenvalue weighted by Crippen LogP contribution is -1.73. The predicted molar refractivity (Wildman–Crippen MR) is 59.4 cm³/mol. The molecule has 0 saturated heterocycles. The largest absolute Gasteiger partial charge is 0.0885 e. The molecule has 0 amide bonds. The van der Waals surface area contributed by atoms with Crippen molar-refractivity contribution in [2.24, 2.45) is 0 Å². The summed E-state index contributed by atoms with van der Waals surface area (Å²) in [6.45, 7) is 0. The molecule has 0 N–H and O–H groups in total. The van der Waals surface area contributed by atoms with Gasteiger partial charge in [0.2, 0.25) is 0 Å². The van der Waals surface area contributed by atoms with Gasteiger partial charge in [-0.1, -0.05) is 36.5 Å². The van der Waals surface area contributed by atoms with Gasteiger partial charge in [-0.25, -0.2) is 0 Å². The van der Waals surface area contributed by atoms with Crippen LogP contribution in [0.25, 0.3) is 0 Å². The minimum atomic E-state index is 1.08. The second-order valence-electron chi connectivity index (χ2n) is 3.35. The van der Waals surface area contributed by atoms with Crippen molar-refractivity contribution in [2.45, 2.75) is 38.5 Å². The molecule has 0 aromatic rings. The lowest BCUT2D eigenvalue weighted by molar-refractivity contribution is 0.838. The normalized spacial score (nSPS) is 27.7. The zero-order valence-corrected chi connectivity index (χ0v) is 8.28. The van der Waals surface area contributed by atoms with Crippen molar-refractivity contribution in [2.75, 3.05) is 0 Å². The van der Waals surface area contributed by atoms with Gasteiger partial charge in [-0.2, -0.15) is 0 Å². The zero-order valence-electron chi connectivity index (χ0n) is 8.28. The van der Waals surface area contributed by atoms with Crippen molar-refractivity contribution < 1.29 is 0 Å². The van der Waals surface area contributed by atoms with Gasteiger partial charge in [-0.05, 0) is 44.9 Å². The molecule has 1 aliphatic rings. The quantitative estimate of drug-likeness (QED) is 0.484. The summed E-state index contributed by atoms with van der Waals surface area (Å²) >= 11 is 0. The molecule has 0 saturated carbocycles. The Morgan fingerprint density at radius 1 is 0.615 bits per heavy atom. The Morgan fingerprint density at radius 2 is 1.38 bits per heavy atom. The Kier molecular flexibility index (Phi) is 6.22. The summed E-state index contributed by atoms with van der Waals surface area (Å²) in [6, 6.07) is 0. The molecule has 1 radical (unpaired) electrons. The van der Waals surface area contributed by atoms with Gasteiger partial charge in [0.25, 0.3) is 0 Å². The molecule has 0 unspecified atom stereocenters. The summed E-state index contributed by atoms with van der Waals surface area (Å²) < 4.78 is 0. The van der Waals surface area contributed by atoms with Crippen LogP contribution in [-0.2, 0) is 0 Å². The SMILES string of the molecule is [CH]1/C=C/C/C=C/CC/C=C/CCC1. The Morgan fingerprint density at radius 3 is 2.31 bits per heavy atom. The van der Waals surface area contributed by atoms with Crippen LogP contribution in [-0.4, -0.2) is 0 Å². The average Bonchev–Trinajstić information content (AvgIpc) is 2.18. The Labute approximate surface area is 82.0 Å². The molecule has 0 aliphatic heterocycles. The average molecular weight is 175 g/mol. The van der Waals surface area contributed by atoms with Crippen LogP contribution in [0.1, 0.15) is 38.5 Å². The molecule has 0 heteroatoms. The maximum absolute atomic E-state index is 2.31. The fourth-order valence-corrected chi connectivity index (χ4v) is 1.35. The molecule has 0 atom stereocenters. The van der Waals surface area contributed by atoms with Gasteiger partial charge in [0.15, 0.2) is 0 Å². The molecule has 0 aromatic carbocycles. The molecule has 13 heavy (non-hydrogen) atoms. The lowest BCUT2D eigenvalue weighted by atomic mass is 10.1. The third-order valence-corrected chi connectivity index (χ3v) is 2.12. The minimum absolute atomic E-state index is 1.08. The van der Waals surface area contributed by atoms with Crippen molar-refractivity contribution in [1.82, 2.24) is 0 Å². The van der Waals surface area contributed by atoms with Crippen LogP contribution in [0.5, 0.6) is 0 Å². The first-order valence-electron chi connectivity index (χ1n) is 5.28. The molecule has 0 aromatic heterocycles. The van der Waals surface area contributed by atoms with E-state index in [9.17, 15) is 0 Å². The molecular weight excluding hydrogens is 156 g/mol. The van der Waals surface area contributed by atoms with E-state index in [-0.39, 0.29) is 0 Å². The summed E-state index contributed by atoms with van der Waals surface area (Å²) in [5.74, 6) is 0. The van der Waals surface area contributed by atoms with Gasteiger partial charge < -0.3 is 0 Å². The molecule has 0 spiro atoms. The topological polar surface area (TPSA) is 0 Å². The third kappa shape index (κ3) is 6.39. The first-order chi connectivity index (χ1) is 6.50. The molecule has 0 heterocycles. The second-order valence-corrected chi connectivity index (χ2v) is 3.35. The highest BCUT2D eigenvalue weighted by Crippen LogP contribution is 2.04. The van der Waals surface area contributed by atoms with Gasteiger partial charge in [0.05, 0.1) is 0 Å². The third-order valence-electron chi connectivity index (χ3n) is 2.12. The Bertz CT molecular complexity index is 184. The summed E-state index contributed by atoms with van der Waals surface area (Å²) in [7, 11) is 0. The second kappa shape index (κ2) is 7.85. The van der Waals surface area contributed by atoms with Crippen LogP contribution in [0.4, 0.5) is 0 Å². The van der Waals surface area contributed by atoms with Crippen molar-refractivity contribution in [3.05, 3.63) is 42.9 Å². The van der Waals surface area contributed by atoms with E-state index < -0.39 is 0 Å². The van der Waals surface area contributed by atoms with Crippen LogP contribution >= 0.6 is 0 Å². The van der Waals surface area contributed by atoms with E-state index in [2.05, 4.69) is 42.9 Å². The van der Waals surface area contributed by atoms with E-state index in [1.165, 1.54) is 32.1 Å². The van der Waals surface area contributed by atoms with Crippen molar-refractivity contribution >= 4 is 0 Å². The first-order valence-corrected chi connectivity index (χ1v) is 5.28. The fourth-order valence-electron chi connectivity index (χ4n) is 1.35. The van der Waals surface area contributed by atoms with E-state index >= 15 is 0 Å². The summed E-state index contributed by atoms with van der Waals surface area (Å²) in [6.07, 6.45) is 23.0. The van der Waals surface area contributed by atoms with Gasteiger partial charge in [-0.15, -0.1) is 0 Å². The van der Waals surface area contributed by atoms with Crippen molar-refractivity contribution in [3.8, 4) is 0 Å². The van der Waals surface area contributed by atoms with Crippen LogP contribution in [0.15, 0.2) is 36.5 Å². The van der Waals surface area contributed by atoms with Gasteiger partial charge in [0.1, 0.15) is 0 Å². The molecule has 1 rings (SSSR count). The maximum atomic E-state index is 2.31. The molecule has 1 aliphatic carbocycles. The Balaban J connectivity index is 2.28. The standard InChI is InChI=1S/C13H19/c1-2-4-6-8-10-12-13-11-9-7-5-3-1/h1-3,6,8,11,13H,4-5,7,9-10,12H2/b2-1+,8-6+,13-11+. The number of hydrogen-bond acceptors (Lipinski definition) is 0. The number of hydrogen-bond donors (Lipinski definition) is 0. The van der Waals surface area contributed by atoms with Crippen molar-refractivity contribution in [1.29, 1.82) is 0 Å². The monoisotopic (exact) mass is 175 g/mol. The van der Waals surface area contributed by atoms with E-state index in [0.717, 1.165) is 6.42 Å². The van der Waals surface area contributed by atoms with E-state index in [1.54, 1.807) is 0 Å². The van der Waals surface area contributed by atoms with Gasteiger partial charge in [0, 0.05) is 0 Å². The van der Waals surface area contributed by atoms with Crippen LogP contribution < -0.4 is 0 Å². The van der Waals surface area contributed by atoms with Crippen LogP contribution in [0, 0.1) is 6.42 Å². The van der Waals surface area contributed by atoms with E-state index in [0.29, 0.717) is 0 Å². The van der Waals surface area contributed by atoms with Crippen LogP contribution in [0.2, 0.25) is 0 Å².